The average Bonchev–Trinajstić information content (AvgIpc) is 2.81. The standard InChI is InChI=1S/C23H35N3O4/c1-29-16-8-12-24-23(28)26-15-7-9-19(17-26)18-30-21-11-4-3-10-20(21)22(27)25-13-5-2-6-14-25/h3-4,10-11,19H,2,5-9,12-18H2,1H3,(H,24,28). The van der Waals surface area contributed by atoms with Crippen molar-refractivity contribution in [3.63, 3.8) is 0 Å². The topological polar surface area (TPSA) is 71.1 Å². The second kappa shape index (κ2) is 11.8. The van der Waals surface area contributed by atoms with Crippen molar-refractivity contribution in [2.24, 2.45) is 5.92 Å². The highest BCUT2D eigenvalue weighted by molar-refractivity contribution is 5.97. The lowest BCUT2D eigenvalue weighted by molar-refractivity contribution is 0.0717. The number of nitrogens with one attached hydrogen (secondary N) is 1. The van der Waals surface area contributed by atoms with Crippen molar-refractivity contribution in [1.29, 1.82) is 0 Å². The lowest BCUT2D eigenvalue weighted by Gasteiger charge is -2.33. The maximum atomic E-state index is 12.9. The van der Waals surface area contributed by atoms with E-state index in [2.05, 4.69) is 5.32 Å². The van der Waals surface area contributed by atoms with E-state index < -0.39 is 0 Å². The Hall–Kier alpha value is -2.28. The Morgan fingerprint density at radius 2 is 1.83 bits per heavy atom. The number of likely N-dealkylation sites (tertiary alicyclic amines) is 2. The van der Waals surface area contributed by atoms with E-state index in [1.54, 1.807) is 7.11 Å². The van der Waals surface area contributed by atoms with Crippen molar-refractivity contribution < 1.29 is 19.1 Å². The fourth-order valence-corrected chi connectivity index (χ4v) is 4.15. The minimum absolute atomic E-state index is 0.0171. The van der Waals surface area contributed by atoms with Gasteiger partial charge in [-0.25, -0.2) is 4.79 Å². The molecule has 1 unspecified atom stereocenters. The van der Waals surface area contributed by atoms with E-state index in [9.17, 15) is 9.59 Å². The summed E-state index contributed by atoms with van der Waals surface area (Å²) in [6.07, 6.45) is 6.13. The van der Waals surface area contributed by atoms with Gasteiger partial charge in [-0.3, -0.25) is 4.79 Å². The molecule has 3 amide bonds. The molecule has 2 heterocycles. The Morgan fingerprint density at radius 1 is 1.07 bits per heavy atom. The monoisotopic (exact) mass is 417 g/mol. The third kappa shape index (κ3) is 6.36. The van der Waals surface area contributed by atoms with Crippen LogP contribution in [0, 0.1) is 5.92 Å². The van der Waals surface area contributed by atoms with Crippen molar-refractivity contribution in [3.8, 4) is 5.75 Å². The van der Waals surface area contributed by atoms with Crippen LogP contribution in [0.25, 0.3) is 0 Å². The summed E-state index contributed by atoms with van der Waals surface area (Å²) < 4.78 is 11.1. The van der Waals surface area contributed by atoms with Gasteiger partial charge in [0.05, 0.1) is 12.2 Å². The smallest absolute Gasteiger partial charge is 0.317 e. The van der Waals surface area contributed by atoms with Crippen LogP contribution < -0.4 is 10.1 Å². The predicted octanol–water partition coefficient (Wildman–Crippen LogP) is 3.15. The van der Waals surface area contributed by atoms with Gasteiger partial charge in [-0.2, -0.15) is 0 Å². The highest BCUT2D eigenvalue weighted by atomic mass is 16.5. The number of benzene rings is 1. The lowest BCUT2D eigenvalue weighted by atomic mass is 9.99. The second-order valence-electron chi connectivity index (χ2n) is 8.19. The fourth-order valence-electron chi connectivity index (χ4n) is 4.15. The minimum atomic E-state index is -0.0171. The molecule has 0 aliphatic carbocycles. The number of rotatable bonds is 8. The zero-order valence-corrected chi connectivity index (χ0v) is 18.1. The molecule has 1 atom stereocenters. The molecule has 0 radical (unpaired) electrons. The molecule has 3 rings (SSSR count). The van der Waals surface area contributed by atoms with E-state index in [0.29, 0.717) is 37.6 Å². The average molecular weight is 418 g/mol. The second-order valence-corrected chi connectivity index (χ2v) is 8.19. The summed E-state index contributed by atoms with van der Waals surface area (Å²) in [5.41, 5.74) is 0.642. The molecule has 30 heavy (non-hydrogen) atoms. The van der Waals surface area contributed by atoms with Gasteiger partial charge in [0, 0.05) is 52.4 Å². The van der Waals surface area contributed by atoms with Crippen LogP contribution in [0.4, 0.5) is 4.79 Å². The van der Waals surface area contributed by atoms with Crippen LogP contribution in [0.5, 0.6) is 5.75 Å². The molecule has 2 aliphatic heterocycles. The number of nitrogens with zero attached hydrogens (tertiary/aromatic N) is 2. The van der Waals surface area contributed by atoms with Gasteiger partial charge in [-0.15, -0.1) is 0 Å². The summed E-state index contributed by atoms with van der Waals surface area (Å²) in [7, 11) is 1.66. The zero-order chi connectivity index (χ0) is 21.2. The molecule has 2 saturated heterocycles. The molecule has 7 heteroatoms. The highest BCUT2D eigenvalue weighted by Crippen LogP contribution is 2.24. The number of carbonyl (C=O) groups is 2. The van der Waals surface area contributed by atoms with Gasteiger partial charge < -0.3 is 24.6 Å². The summed E-state index contributed by atoms with van der Waals surface area (Å²) in [5.74, 6) is 0.974. The largest absolute Gasteiger partial charge is 0.492 e. The molecule has 0 spiro atoms. The van der Waals surface area contributed by atoms with Crippen molar-refractivity contribution in [3.05, 3.63) is 29.8 Å². The van der Waals surface area contributed by atoms with E-state index in [0.717, 1.165) is 51.7 Å². The fraction of sp³-hybridized carbons (Fsp3) is 0.652. The number of methoxy groups -OCH3 is 1. The van der Waals surface area contributed by atoms with Gasteiger partial charge in [0.25, 0.3) is 5.91 Å². The van der Waals surface area contributed by atoms with Gasteiger partial charge in [-0.05, 0) is 50.7 Å². The minimum Gasteiger partial charge on any atom is -0.492 e. The number of para-hydroxylation sites is 1. The molecule has 166 valence electrons. The number of carbonyl (C=O) groups excluding carboxylic acids is 2. The summed E-state index contributed by atoms with van der Waals surface area (Å²) >= 11 is 0. The van der Waals surface area contributed by atoms with Crippen LogP contribution in [0.2, 0.25) is 0 Å². The SMILES string of the molecule is COCCCNC(=O)N1CCCC(COc2ccccc2C(=O)N2CCCCC2)C1. The number of hydrogen-bond donors (Lipinski definition) is 1. The zero-order valence-electron chi connectivity index (χ0n) is 18.1. The van der Waals surface area contributed by atoms with Crippen molar-refractivity contribution in [2.45, 2.75) is 38.5 Å². The first-order valence-electron chi connectivity index (χ1n) is 11.2. The van der Waals surface area contributed by atoms with Crippen LogP contribution in [0.1, 0.15) is 48.9 Å². The Bertz CT molecular complexity index is 691. The first-order valence-corrected chi connectivity index (χ1v) is 11.2. The van der Waals surface area contributed by atoms with E-state index in [4.69, 9.17) is 9.47 Å². The quantitative estimate of drug-likeness (QED) is 0.660. The molecule has 1 N–H and O–H groups in total. The summed E-state index contributed by atoms with van der Waals surface area (Å²) in [4.78, 5) is 29.1. The van der Waals surface area contributed by atoms with E-state index >= 15 is 0 Å². The number of ether oxygens (including phenoxy) is 2. The third-order valence-electron chi connectivity index (χ3n) is 5.84. The first kappa shape index (κ1) is 22.4. The lowest BCUT2D eigenvalue weighted by Crippen LogP contribution is -2.46. The van der Waals surface area contributed by atoms with Crippen LogP contribution in [0.15, 0.2) is 24.3 Å². The molecule has 0 aromatic heterocycles. The van der Waals surface area contributed by atoms with Crippen LogP contribution >= 0.6 is 0 Å². The number of amides is 3. The van der Waals surface area contributed by atoms with Gasteiger partial charge in [0.1, 0.15) is 5.75 Å². The third-order valence-corrected chi connectivity index (χ3v) is 5.84. The summed E-state index contributed by atoms with van der Waals surface area (Å²) in [5, 5.41) is 2.96. The Labute approximate surface area is 179 Å². The van der Waals surface area contributed by atoms with Gasteiger partial charge in [0.15, 0.2) is 0 Å². The Kier molecular flexibility index (Phi) is 8.81. The maximum Gasteiger partial charge on any atom is 0.317 e. The van der Waals surface area contributed by atoms with E-state index in [1.165, 1.54) is 6.42 Å². The van der Waals surface area contributed by atoms with Crippen LogP contribution in [-0.2, 0) is 4.74 Å². The Balaban J connectivity index is 1.51. The summed E-state index contributed by atoms with van der Waals surface area (Å²) in [6, 6.07) is 7.51. The van der Waals surface area contributed by atoms with E-state index in [-0.39, 0.29) is 17.9 Å². The first-order chi connectivity index (χ1) is 14.7. The van der Waals surface area contributed by atoms with Crippen molar-refractivity contribution >= 4 is 11.9 Å². The molecule has 1 aromatic rings. The van der Waals surface area contributed by atoms with Gasteiger partial charge in [0.2, 0.25) is 0 Å². The number of urea groups is 1. The van der Waals surface area contributed by atoms with Crippen LogP contribution in [0.3, 0.4) is 0 Å². The molecule has 7 nitrogen and oxygen atoms in total. The maximum absolute atomic E-state index is 12.9. The van der Waals surface area contributed by atoms with Crippen molar-refractivity contribution in [1.82, 2.24) is 15.1 Å². The summed E-state index contributed by atoms with van der Waals surface area (Å²) in [6.45, 7) is 4.88. The Morgan fingerprint density at radius 3 is 2.63 bits per heavy atom. The highest BCUT2D eigenvalue weighted by Gasteiger charge is 2.25. The molecule has 0 saturated carbocycles. The normalized spacial score (nSPS) is 19.4. The predicted molar refractivity (Wildman–Crippen MR) is 116 cm³/mol. The molecular weight excluding hydrogens is 382 g/mol. The molecule has 2 fully saturated rings. The van der Waals surface area contributed by atoms with Crippen LogP contribution in [-0.4, -0.2) is 74.8 Å². The van der Waals surface area contributed by atoms with Crippen molar-refractivity contribution in [2.75, 3.05) is 53.0 Å². The molecular formula is C23H35N3O4. The van der Waals surface area contributed by atoms with Gasteiger partial charge >= 0.3 is 6.03 Å². The molecule has 2 aliphatic rings. The van der Waals surface area contributed by atoms with E-state index in [1.807, 2.05) is 34.1 Å². The number of hydrogen-bond acceptors (Lipinski definition) is 4. The molecule has 1 aromatic carbocycles. The number of piperidine rings is 2. The molecule has 0 bridgehead atoms. The van der Waals surface area contributed by atoms with Gasteiger partial charge in [-0.1, -0.05) is 12.1 Å².